The van der Waals surface area contributed by atoms with Crippen LogP contribution in [0.3, 0.4) is 0 Å². The van der Waals surface area contributed by atoms with Crippen LogP contribution in [0.5, 0.6) is 5.75 Å². The zero-order chi connectivity index (χ0) is 16.6. The molecule has 0 aliphatic carbocycles. The Morgan fingerprint density at radius 2 is 2.17 bits per heavy atom. The summed E-state index contributed by atoms with van der Waals surface area (Å²) in [5.74, 6) is 1.31. The Morgan fingerprint density at radius 3 is 2.87 bits per heavy atom. The molecular weight excluding hydrogens is 358 g/mol. The summed E-state index contributed by atoms with van der Waals surface area (Å²) in [5, 5.41) is 0.883. The smallest absolute Gasteiger partial charge is 0.254 e. The molecule has 0 spiro atoms. The molecule has 2 aromatic rings. The van der Waals surface area contributed by atoms with Crippen molar-refractivity contribution >= 4 is 32.8 Å². The maximum Gasteiger partial charge on any atom is 0.254 e. The van der Waals surface area contributed by atoms with E-state index in [2.05, 4.69) is 22.9 Å². The summed E-state index contributed by atoms with van der Waals surface area (Å²) in [6.45, 7) is 7.78. The Bertz CT molecular complexity index is 722. The van der Waals surface area contributed by atoms with Crippen molar-refractivity contribution in [3.8, 4) is 5.75 Å². The molecule has 3 rings (SSSR count). The zero-order valence-corrected chi connectivity index (χ0v) is 15.4. The summed E-state index contributed by atoms with van der Waals surface area (Å²) in [6, 6.07) is 5.53. The van der Waals surface area contributed by atoms with Crippen molar-refractivity contribution in [3.63, 3.8) is 0 Å². The highest BCUT2D eigenvalue weighted by Gasteiger charge is 2.24. The second-order valence-electron chi connectivity index (χ2n) is 6.60. The van der Waals surface area contributed by atoms with Crippen molar-refractivity contribution in [3.05, 3.63) is 28.4 Å². The number of carbonyl (C=O) groups excluding carboxylic acids is 1. The van der Waals surface area contributed by atoms with Crippen LogP contribution >= 0.6 is 15.9 Å². The standard InChI is InChI=1S/C18H22BrNO3/c1-11(2)22-15-7-13(8-16-14(15)9-17(19)23-16)18(21)20-6-4-5-12(3)10-20/h7-9,11-12H,4-6,10H2,1-3H3. The monoisotopic (exact) mass is 379 g/mol. The van der Waals surface area contributed by atoms with Gasteiger partial charge in [-0.1, -0.05) is 6.92 Å². The lowest BCUT2D eigenvalue weighted by atomic mass is 9.99. The van der Waals surface area contributed by atoms with Crippen LogP contribution in [0.15, 0.2) is 27.3 Å². The predicted octanol–water partition coefficient (Wildman–Crippen LogP) is 4.85. The number of fused-ring (bicyclic) bond motifs is 1. The van der Waals surface area contributed by atoms with Crippen LogP contribution < -0.4 is 4.74 Å². The number of likely N-dealkylation sites (tertiary alicyclic amines) is 1. The normalized spacial score (nSPS) is 18.7. The molecule has 23 heavy (non-hydrogen) atoms. The van der Waals surface area contributed by atoms with E-state index in [-0.39, 0.29) is 12.0 Å². The number of carbonyl (C=O) groups is 1. The Balaban J connectivity index is 1.98. The van der Waals surface area contributed by atoms with Crippen molar-refractivity contribution in [2.75, 3.05) is 13.1 Å². The van der Waals surface area contributed by atoms with Gasteiger partial charge >= 0.3 is 0 Å². The number of hydrogen-bond acceptors (Lipinski definition) is 3. The Labute approximate surface area is 144 Å². The molecule has 0 saturated carbocycles. The van der Waals surface area contributed by atoms with E-state index < -0.39 is 0 Å². The molecule has 1 amide bonds. The van der Waals surface area contributed by atoms with Crippen LogP contribution in [0.2, 0.25) is 0 Å². The molecule has 1 aliphatic rings. The van der Waals surface area contributed by atoms with E-state index in [1.54, 1.807) is 0 Å². The minimum Gasteiger partial charge on any atom is -0.490 e. The Hall–Kier alpha value is -1.49. The molecule has 1 unspecified atom stereocenters. The molecule has 124 valence electrons. The maximum atomic E-state index is 12.9. The number of benzene rings is 1. The Morgan fingerprint density at radius 1 is 1.39 bits per heavy atom. The summed E-state index contributed by atoms with van der Waals surface area (Å²) in [4.78, 5) is 14.8. The molecule has 4 nitrogen and oxygen atoms in total. The highest BCUT2D eigenvalue weighted by atomic mass is 79.9. The lowest BCUT2D eigenvalue weighted by Gasteiger charge is -2.31. The fourth-order valence-corrected chi connectivity index (χ4v) is 3.51. The second-order valence-corrected chi connectivity index (χ2v) is 7.38. The number of ether oxygens (including phenoxy) is 1. The molecule has 1 aliphatic heterocycles. The van der Waals surface area contributed by atoms with Gasteiger partial charge in [0.2, 0.25) is 0 Å². The molecule has 0 N–H and O–H groups in total. The molecule has 0 radical (unpaired) electrons. The third-order valence-corrected chi connectivity index (χ3v) is 4.51. The van der Waals surface area contributed by atoms with Crippen molar-refractivity contribution in [2.24, 2.45) is 5.92 Å². The number of furan rings is 1. The lowest BCUT2D eigenvalue weighted by Crippen LogP contribution is -2.39. The first-order chi connectivity index (χ1) is 10.9. The molecular formula is C18H22BrNO3. The van der Waals surface area contributed by atoms with Gasteiger partial charge in [0, 0.05) is 24.7 Å². The van der Waals surface area contributed by atoms with Gasteiger partial charge in [-0.15, -0.1) is 0 Å². The second kappa shape index (κ2) is 6.56. The predicted molar refractivity (Wildman–Crippen MR) is 94.0 cm³/mol. The molecule has 1 aromatic carbocycles. The van der Waals surface area contributed by atoms with Crippen molar-refractivity contribution in [1.29, 1.82) is 0 Å². The first-order valence-electron chi connectivity index (χ1n) is 8.13. The SMILES string of the molecule is CC1CCCN(C(=O)c2cc(OC(C)C)c3cc(Br)oc3c2)C1. The van der Waals surface area contributed by atoms with Crippen molar-refractivity contribution in [2.45, 2.75) is 39.7 Å². The molecule has 2 heterocycles. The van der Waals surface area contributed by atoms with E-state index in [1.165, 1.54) is 6.42 Å². The fourth-order valence-electron chi connectivity index (χ4n) is 3.11. The summed E-state index contributed by atoms with van der Waals surface area (Å²) in [5.41, 5.74) is 1.30. The Kier molecular flexibility index (Phi) is 4.67. The average molecular weight is 380 g/mol. The van der Waals surface area contributed by atoms with Crippen molar-refractivity contribution in [1.82, 2.24) is 4.90 Å². The minimum atomic E-state index is 0.0345. The summed E-state index contributed by atoms with van der Waals surface area (Å²) in [6.07, 6.45) is 2.29. The number of amides is 1. The van der Waals surface area contributed by atoms with Crippen LogP contribution in [0.1, 0.15) is 44.0 Å². The van der Waals surface area contributed by atoms with Crippen molar-refractivity contribution < 1.29 is 13.9 Å². The lowest BCUT2D eigenvalue weighted by molar-refractivity contribution is 0.0682. The van der Waals surface area contributed by atoms with Crippen LogP contribution in [0, 0.1) is 5.92 Å². The van der Waals surface area contributed by atoms with E-state index in [9.17, 15) is 4.79 Å². The van der Waals surface area contributed by atoms with Gasteiger partial charge in [-0.25, -0.2) is 0 Å². The van der Waals surface area contributed by atoms with Gasteiger partial charge in [0.15, 0.2) is 4.67 Å². The number of rotatable bonds is 3. The first kappa shape index (κ1) is 16.4. The van der Waals surface area contributed by atoms with Gasteiger partial charge in [0.1, 0.15) is 11.3 Å². The number of halogens is 1. The highest BCUT2D eigenvalue weighted by molar-refractivity contribution is 9.10. The van der Waals surface area contributed by atoms with Crippen LogP contribution in [-0.2, 0) is 0 Å². The molecule has 1 saturated heterocycles. The van der Waals surface area contributed by atoms with Gasteiger partial charge < -0.3 is 14.1 Å². The number of hydrogen-bond donors (Lipinski definition) is 0. The summed E-state index contributed by atoms with van der Waals surface area (Å²) in [7, 11) is 0. The number of piperidine rings is 1. The van der Waals surface area contributed by atoms with Crippen LogP contribution in [-0.4, -0.2) is 30.0 Å². The quantitative estimate of drug-likeness (QED) is 0.764. The van der Waals surface area contributed by atoms with Gasteiger partial charge in [-0.05, 0) is 60.7 Å². The molecule has 0 bridgehead atoms. The minimum absolute atomic E-state index is 0.0345. The zero-order valence-electron chi connectivity index (χ0n) is 13.8. The van der Waals surface area contributed by atoms with E-state index in [0.29, 0.717) is 27.5 Å². The topological polar surface area (TPSA) is 42.7 Å². The van der Waals surface area contributed by atoms with Crippen LogP contribution in [0.25, 0.3) is 11.0 Å². The molecule has 1 atom stereocenters. The third kappa shape index (κ3) is 3.55. The molecule has 1 aromatic heterocycles. The van der Waals surface area contributed by atoms with E-state index in [1.807, 2.05) is 36.9 Å². The fraction of sp³-hybridized carbons (Fsp3) is 0.500. The van der Waals surface area contributed by atoms with E-state index >= 15 is 0 Å². The van der Waals surface area contributed by atoms with Gasteiger partial charge in [0.05, 0.1) is 11.5 Å². The van der Waals surface area contributed by atoms with Gasteiger partial charge in [-0.3, -0.25) is 4.79 Å². The highest BCUT2D eigenvalue weighted by Crippen LogP contribution is 2.34. The van der Waals surface area contributed by atoms with Gasteiger partial charge in [-0.2, -0.15) is 0 Å². The summed E-state index contributed by atoms with van der Waals surface area (Å²) >= 11 is 3.35. The number of nitrogens with zero attached hydrogens (tertiary/aromatic N) is 1. The third-order valence-electron chi connectivity index (χ3n) is 4.12. The molecule has 5 heteroatoms. The molecule has 1 fully saturated rings. The first-order valence-corrected chi connectivity index (χ1v) is 8.92. The van der Waals surface area contributed by atoms with Crippen LogP contribution in [0.4, 0.5) is 0 Å². The maximum absolute atomic E-state index is 12.9. The largest absolute Gasteiger partial charge is 0.490 e. The average Bonchev–Trinajstić information content (AvgIpc) is 2.86. The van der Waals surface area contributed by atoms with E-state index in [0.717, 1.165) is 24.9 Å². The summed E-state index contributed by atoms with van der Waals surface area (Å²) < 4.78 is 12.2. The van der Waals surface area contributed by atoms with E-state index in [4.69, 9.17) is 9.15 Å². The van der Waals surface area contributed by atoms with Gasteiger partial charge in [0.25, 0.3) is 5.91 Å².